The van der Waals surface area contributed by atoms with Crippen LogP contribution >= 0.6 is 11.8 Å². The van der Waals surface area contributed by atoms with Gasteiger partial charge in [0.05, 0.1) is 5.56 Å². The fourth-order valence-electron chi connectivity index (χ4n) is 4.04. The fourth-order valence-corrected chi connectivity index (χ4v) is 4.37. The van der Waals surface area contributed by atoms with E-state index in [1.807, 2.05) is 34.1 Å². The number of ether oxygens (including phenoxy) is 1. The molecule has 0 saturated carbocycles. The molecule has 0 radical (unpaired) electrons. The summed E-state index contributed by atoms with van der Waals surface area (Å²) in [6, 6.07) is 8.39. The van der Waals surface area contributed by atoms with Crippen molar-refractivity contribution in [3.8, 4) is 0 Å². The zero-order chi connectivity index (χ0) is 24.9. The Morgan fingerprint density at radius 3 is 2.53 bits per heavy atom. The first-order chi connectivity index (χ1) is 16.1. The zero-order valence-corrected chi connectivity index (χ0v) is 21.9. The minimum atomic E-state index is -0.508. The Bertz CT molecular complexity index is 1000. The molecule has 3 rings (SSSR count). The lowest BCUT2D eigenvalue weighted by atomic mass is 9.90. The van der Waals surface area contributed by atoms with Crippen LogP contribution in [-0.2, 0) is 17.7 Å². The quantitative estimate of drug-likeness (QED) is 0.425. The van der Waals surface area contributed by atoms with E-state index < -0.39 is 5.60 Å². The number of ketones is 1. The van der Waals surface area contributed by atoms with Crippen molar-refractivity contribution in [3.63, 3.8) is 0 Å². The van der Waals surface area contributed by atoms with Gasteiger partial charge in [0.2, 0.25) is 0 Å². The van der Waals surface area contributed by atoms with Gasteiger partial charge in [-0.2, -0.15) is 0 Å². The van der Waals surface area contributed by atoms with Gasteiger partial charge in [-0.05, 0) is 63.3 Å². The molecule has 0 aliphatic carbocycles. The SMILES string of the molecule is CSc1ncc2c(n1)N(C)CCC(Cc1ccc(CN(C)C(=O)OC(C)(C)C)cc1)CCC2=O. The number of benzene rings is 1. The number of aromatic nitrogens is 2. The zero-order valence-electron chi connectivity index (χ0n) is 21.1. The van der Waals surface area contributed by atoms with E-state index in [0.29, 0.717) is 29.6 Å². The first-order valence-corrected chi connectivity index (χ1v) is 13.0. The number of amides is 1. The largest absolute Gasteiger partial charge is 0.444 e. The van der Waals surface area contributed by atoms with Crippen LogP contribution in [0, 0.1) is 5.92 Å². The van der Waals surface area contributed by atoms with Crippen LogP contribution in [-0.4, -0.2) is 59.2 Å². The molecule has 0 spiro atoms. The molecule has 0 fully saturated rings. The van der Waals surface area contributed by atoms with Gasteiger partial charge in [0, 0.05) is 39.8 Å². The number of carbonyl (C=O) groups excluding carboxylic acids is 2. The highest BCUT2D eigenvalue weighted by molar-refractivity contribution is 7.98. The minimum absolute atomic E-state index is 0.113. The van der Waals surface area contributed by atoms with E-state index in [1.165, 1.54) is 17.3 Å². The van der Waals surface area contributed by atoms with Crippen LogP contribution < -0.4 is 4.90 Å². The van der Waals surface area contributed by atoms with E-state index in [0.717, 1.165) is 37.2 Å². The number of hydrogen-bond donors (Lipinski definition) is 0. The Hall–Kier alpha value is -2.61. The van der Waals surface area contributed by atoms with Crippen molar-refractivity contribution in [3.05, 3.63) is 47.2 Å². The number of hydrogen-bond acceptors (Lipinski definition) is 7. The highest BCUT2D eigenvalue weighted by Gasteiger charge is 2.23. The Morgan fingerprint density at radius 2 is 1.88 bits per heavy atom. The summed E-state index contributed by atoms with van der Waals surface area (Å²) in [5, 5.41) is 0.687. The second kappa shape index (κ2) is 11.2. The Labute approximate surface area is 207 Å². The molecule has 0 saturated heterocycles. The van der Waals surface area contributed by atoms with Crippen LogP contribution in [0.1, 0.15) is 61.5 Å². The van der Waals surface area contributed by atoms with Gasteiger partial charge in [-0.25, -0.2) is 14.8 Å². The van der Waals surface area contributed by atoms with Gasteiger partial charge in [0.1, 0.15) is 11.4 Å². The molecule has 7 nitrogen and oxygen atoms in total. The maximum absolute atomic E-state index is 12.9. The normalized spacial score (nSPS) is 16.8. The van der Waals surface area contributed by atoms with E-state index in [9.17, 15) is 9.59 Å². The van der Waals surface area contributed by atoms with E-state index in [1.54, 1.807) is 18.1 Å². The molecule has 1 aliphatic heterocycles. The number of nitrogens with zero attached hydrogens (tertiary/aromatic N) is 4. The number of Topliss-reactive ketones (excluding diaryl/α,β-unsaturated/α-hetero) is 1. The lowest BCUT2D eigenvalue weighted by Crippen LogP contribution is -2.33. The van der Waals surface area contributed by atoms with E-state index in [2.05, 4.69) is 39.1 Å². The highest BCUT2D eigenvalue weighted by atomic mass is 32.2. The third-order valence-electron chi connectivity index (χ3n) is 5.92. The van der Waals surface area contributed by atoms with Crippen LogP contribution in [0.25, 0.3) is 0 Å². The van der Waals surface area contributed by atoms with Crippen molar-refractivity contribution < 1.29 is 14.3 Å². The van der Waals surface area contributed by atoms with Crippen molar-refractivity contribution >= 4 is 29.5 Å². The second-order valence-electron chi connectivity index (χ2n) is 9.99. The molecule has 2 heterocycles. The van der Waals surface area contributed by atoms with Crippen molar-refractivity contribution in [1.29, 1.82) is 0 Å². The topological polar surface area (TPSA) is 75.6 Å². The molecule has 0 bridgehead atoms. The first-order valence-electron chi connectivity index (χ1n) is 11.7. The number of carbonyl (C=O) groups is 2. The van der Waals surface area contributed by atoms with E-state index in [4.69, 9.17) is 4.74 Å². The molecule has 1 aromatic heterocycles. The second-order valence-corrected chi connectivity index (χ2v) is 10.8. The Balaban J connectivity index is 1.62. The van der Waals surface area contributed by atoms with Crippen LogP contribution in [0.3, 0.4) is 0 Å². The maximum atomic E-state index is 12.9. The molecule has 1 atom stereocenters. The number of fused-ring (bicyclic) bond motifs is 1. The minimum Gasteiger partial charge on any atom is -0.444 e. The predicted octanol–water partition coefficient (Wildman–Crippen LogP) is 5.23. The third-order valence-corrected chi connectivity index (χ3v) is 6.48. The van der Waals surface area contributed by atoms with Crippen LogP contribution in [0.5, 0.6) is 0 Å². The number of anilines is 1. The molecule has 0 N–H and O–H groups in total. The molecule has 1 amide bonds. The lowest BCUT2D eigenvalue weighted by Gasteiger charge is -2.24. The van der Waals surface area contributed by atoms with E-state index >= 15 is 0 Å². The molecule has 184 valence electrons. The van der Waals surface area contributed by atoms with Gasteiger partial charge < -0.3 is 14.5 Å². The maximum Gasteiger partial charge on any atom is 0.410 e. The van der Waals surface area contributed by atoms with Gasteiger partial charge in [-0.1, -0.05) is 36.0 Å². The molecule has 1 aliphatic rings. The van der Waals surface area contributed by atoms with Crippen molar-refractivity contribution in [2.75, 3.05) is 31.8 Å². The van der Waals surface area contributed by atoms with Gasteiger partial charge in [-0.15, -0.1) is 0 Å². The predicted molar refractivity (Wildman–Crippen MR) is 137 cm³/mol. The lowest BCUT2D eigenvalue weighted by molar-refractivity contribution is 0.0285. The highest BCUT2D eigenvalue weighted by Crippen LogP contribution is 2.27. The summed E-state index contributed by atoms with van der Waals surface area (Å²) in [6.07, 6.45) is 6.56. The molecule has 2 aromatic rings. The van der Waals surface area contributed by atoms with E-state index in [-0.39, 0.29) is 11.9 Å². The van der Waals surface area contributed by atoms with Gasteiger partial charge in [0.25, 0.3) is 0 Å². The van der Waals surface area contributed by atoms with Crippen LogP contribution in [0.15, 0.2) is 35.6 Å². The summed E-state index contributed by atoms with van der Waals surface area (Å²) in [7, 11) is 3.75. The van der Waals surface area contributed by atoms with Gasteiger partial charge in [0.15, 0.2) is 10.9 Å². The number of rotatable bonds is 5. The standard InChI is InChI=1S/C26H36N4O3S/c1-26(2,3)33-25(32)30(5)17-20-9-7-18(8-10-20)15-19-11-12-22(31)21-16-27-24(34-6)28-23(21)29(4)14-13-19/h7-10,16,19H,11-15,17H2,1-6H3. The molecule has 34 heavy (non-hydrogen) atoms. The Kier molecular flexibility index (Phi) is 8.57. The average Bonchev–Trinajstić information content (AvgIpc) is 2.84. The first kappa shape index (κ1) is 26.0. The number of thioether (sulfide) groups is 1. The molecular weight excluding hydrogens is 448 g/mol. The summed E-state index contributed by atoms with van der Waals surface area (Å²) in [5.41, 5.74) is 2.41. The summed E-state index contributed by atoms with van der Waals surface area (Å²) < 4.78 is 5.43. The molecule has 1 unspecified atom stereocenters. The summed E-state index contributed by atoms with van der Waals surface area (Å²) >= 11 is 1.48. The van der Waals surface area contributed by atoms with Crippen LogP contribution in [0.2, 0.25) is 0 Å². The van der Waals surface area contributed by atoms with Crippen molar-refractivity contribution in [1.82, 2.24) is 14.9 Å². The van der Waals surface area contributed by atoms with Gasteiger partial charge >= 0.3 is 6.09 Å². The molecular formula is C26H36N4O3S. The van der Waals surface area contributed by atoms with Crippen molar-refractivity contribution in [2.24, 2.45) is 5.92 Å². The summed E-state index contributed by atoms with van der Waals surface area (Å²) in [6.45, 7) is 6.93. The smallest absolute Gasteiger partial charge is 0.410 e. The van der Waals surface area contributed by atoms with Crippen LogP contribution in [0.4, 0.5) is 10.6 Å². The molecule has 1 aromatic carbocycles. The van der Waals surface area contributed by atoms with Gasteiger partial charge in [-0.3, -0.25) is 4.79 Å². The Morgan fingerprint density at radius 1 is 1.21 bits per heavy atom. The van der Waals surface area contributed by atoms with Crippen molar-refractivity contribution in [2.45, 2.75) is 63.8 Å². The third kappa shape index (κ3) is 7.19. The summed E-state index contributed by atoms with van der Waals surface area (Å²) in [4.78, 5) is 37.7. The summed E-state index contributed by atoms with van der Waals surface area (Å²) in [5.74, 6) is 1.26. The molecule has 8 heteroatoms. The fraction of sp³-hybridized carbons (Fsp3) is 0.538. The average molecular weight is 485 g/mol. The monoisotopic (exact) mass is 484 g/mol.